The molecule has 0 N–H and O–H groups in total. The van der Waals surface area contributed by atoms with E-state index in [0.29, 0.717) is 5.41 Å². The van der Waals surface area contributed by atoms with E-state index in [1.807, 2.05) is 23.8 Å². The molecule has 0 bridgehead atoms. The Kier molecular flexibility index (Phi) is 6.24. The summed E-state index contributed by atoms with van der Waals surface area (Å²) in [5.74, 6) is 0. The number of anilines is 1. The highest BCUT2D eigenvalue weighted by molar-refractivity contribution is 5.77. The first-order chi connectivity index (χ1) is 16.8. The lowest BCUT2D eigenvalue weighted by molar-refractivity contribution is -0.0444. The van der Waals surface area contributed by atoms with Crippen LogP contribution in [0.3, 0.4) is 0 Å². The van der Waals surface area contributed by atoms with Crippen molar-refractivity contribution in [2.24, 2.45) is 5.41 Å². The van der Waals surface area contributed by atoms with E-state index in [4.69, 9.17) is 0 Å². The van der Waals surface area contributed by atoms with E-state index >= 15 is 0 Å². The second kappa shape index (κ2) is 9.34. The molecule has 1 aromatic heterocycles. The van der Waals surface area contributed by atoms with Crippen molar-refractivity contribution < 1.29 is 4.79 Å². The van der Waals surface area contributed by atoms with Crippen LogP contribution >= 0.6 is 0 Å². The lowest BCUT2D eigenvalue weighted by atomic mass is 9.72. The van der Waals surface area contributed by atoms with Crippen molar-refractivity contribution in [3.05, 3.63) is 84.3 Å². The van der Waals surface area contributed by atoms with Gasteiger partial charge >= 0.3 is 6.03 Å². The average Bonchev–Trinajstić information content (AvgIpc) is 3.34. The van der Waals surface area contributed by atoms with Gasteiger partial charge in [-0.25, -0.2) is 4.79 Å². The molecule has 0 aliphatic carbocycles. The molecule has 0 unspecified atom stereocenters. The predicted molar refractivity (Wildman–Crippen MR) is 141 cm³/mol. The molecule has 2 aromatic carbocycles. The Hall–Kier alpha value is -3.38. The lowest BCUT2D eigenvalue weighted by Crippen LogP contribution is -2.60. The highest BCUT2D eigenvalue weighted by atomic mass is 16.2. The number of nitrogens with zero attached hydrogens (tertiary/aromatic N) is 5. The van der Waals surface area contributed by atoms with Crippen molar-refractivity contribution in [2.75, 3.05) is 38.1 Å². The molecule has 6 heteroatoms. The first kappa shape index (κ1) is 23.4. The first-order valence-electron chi connectivity index (χ1n) is 12.4. The summed E-state index contributed by atoms with van der Waals surface area (Å²) in [6, 6.07) is 17.4. The summed E-state index contributed by atoms with van der Waals surface area (Å²) in [6.45, 7) is 12.9. The van der Waals surface area contributed by atoms with E-state index < -0.39 is 0 Å². The summed E-state index contributed by atoms with van der Waals surface area (Å²) < 4.78 is 1.46. The third-order valence-corrected chi connectivity index (χ3v) is 7.78. The van der Waals surface area contributed by atoms with Gasteiger partial charge in [0.2, 0.25) is 0 Å². The summed E-state index contributed by atoms with van der Waals surface area (Å²) in [6.07, 6.45) is 5.62. The van der Waals surface area contributed by atoms with E-state index in [2.05, 4.69) is 72.0 Å². The van der Waals surface area contributed by atoms with Crippen LogP contribution in [-0.4, -0.2) is 58.8 Å². The van der Waals surface area contributed by atoms with Crippen LogP contribution in [0.2, 0.25) is 0 Å². The fourth-order valence-electron chi connectivity index (χ4n) is 5.38. The van der Waals surface area contributed by atoms with Crippen molar-refractivity contribution in [2.45, 2.75) is 33.2 Å². The van der Waals surface area contributed by atoms with Crippen LogP contribution in [0.5, 0.6) is 0 Å². The minimum absolute atomic E-state index is 0.0356. The van der Waals surface area contributed by atoms with Crippen molar-refractivity contribution in [3.8, 4) is 11.1 Å². The van der Waals surface area contributed by atoms with Crippen LogP contribution in [0.1, 0.15) is 30.9 Å². The van der Waals surface area contributed by atoms with Gasteiger partial charge in [0, 0.05) is 45.5 Å². The Morgan fingerprint density at radius 2 is 1.80 bits per heavy atom. The Morgan fingerprint density at radius 1 is 1.09 bits per heavy atom. The van der Waals surface area contributed by atoms with E-state index in [1.165, 1.54) is 26.9 Å². The Bertz CT molecular complexity index is 1210. The number of aryl methyl sites for hydroxylation is 1. The molecule has 182 valence electrons. The topological polar surface area (TPSA) is 44.6 Å². The number of benzene rings is 2. The molecular formula is C29H35N5O. The van der Waals surface area contributed by atoms with E-state index in [-0.39, 0.29) is 6.03 Å². The van der Waals surface area contributed by atoms with Crippen molar-refractivity contribution in [3.63, 3.8) is 0 Å². The zero-order valence-corrected chi connectivity index (χ0v) is 21.1. The molecule has 2 saturated heterocycles. The maximum absolute atomic E-state index is 13.0. The third-order valence-electron chi connectivity index (χ3n) is 7.78. The van der Waals surface area contributed by atoms with E-state index in [9.17, 15) is 4.79 Å². The number of aromatic nitrogens is 2. The van der Waals surface area contributed by atoms with Gasteiger partial charge in [-0.1, -0.05) is 55.1 Å². The molecule has 5 rings (SSSR count). The molecule has 0 saturated carbocycles. The maximum Gasteiger partial charge on any atom is 0.344 e. The molecule has 1 spiro atoms. The fraction of sp³-hybridized carbons (Fsp3) is 0.379. The molecule has 35 heavy (non-hydrogen) atoms. The Morgan fingerprint density at radius 3 is 2.46 bits per heavy atom. The van der Waals surface area contributed by atoms with Gasteiger partial charge in [-0.3, -0.25) is 4.90 Å². The Balaban J connectivity index is 1.13. The monoisotopic (exact) mass is 469 g/mol. The van der Waals surface area contributed by atoms with Crippen LogP contribution in [0, 0.1) is 12.3 Å². The SMILES string of the molecule is C=C(C)N(C)c1cnn(C(=O)N2CCC3(CC2)CN(Cc2ccc(-c4ccccc4)cc2C)C3)c1. The molecule has 0 radical (unpaired) electrons. The smallest absolute Gasteiger partial charge is 0.344 e. The Labute approximate surface area is 208 Å². The molecule has 2 aliphatic heterocycles. The van der Waals surface area contributed by atoms with E-state index in [0.717, 1.165) is 56.9 Å². The number of hydrogen-bond donors (Lipinski definition) is 0. The minimum Gasteiger partial charge on any atom is -0.347 e. The molecule has 2 fully saturated rings. The number of piperidine rings is 1. The lowest BCUT2D eigenvalue weighted by Gasteiger charge is -2.54. The second-order valence-electron chi connectivity index (χ2n) is 10.4. The number of allylic oxidation sites excluding steroid dienone is 1. The van der Waals surface area contributed by atoms with Crippen LogP contribution < -0.4 is 4.90 Å². The normalized spacial score (nSPS) is 17.3. The number of rotatable bonds is 5. The zero-order valence-electron chi connectivity index (χ0n) is 21.1. The van der Waals surface area contributed by atoms with E-state index in [1.54, 1.807) is 12.4 Å². The molecule has 3 aromatic rings. The molecule has 2 aliphatic rings. The predicted octanol–water partition coefficient (Wildman–Crippen LogP) is 5.39. The molecular weight excluding hydrogens is 434 g/mol. The summed E-state index contributed by atoms with van der Waals surface area (Å²) in [4.78, 5) is 19.4. The van der Waals surface area contributed by atoms with Crippen LogP contribution in [0.25, 0.3) is 11.1 Å². The number of hydrogen-bond acceptors (Lipinski definition) is 4. The average molecular weight is 470 g/mol. The van der Waals surface area contributed by atoms with Crippen molar-refractivity contribution in [1.82, 2.24) is 19.6 Å². The van der Waals surface area contributed by atoms with Gasteiger partial charge in [0.05, 0.1) is 18.1 Å². The molecule has 0 atom stereocenters. The van der Waals surface area contributed by atoms with Gasteiger partial charge in [0.1, 0.15) is 0 Å². The van der Waals surface area contributed by atoms with Gasteiger partial charge in [0.15, 0.2) is 0 Å². The van der Waals surface area contributed by atoms with Crippen LogP contribution in [0.4, 0.5) is 10.5 Å². The fourth-order valence-corrected chi connectivity index (χ4v) is 5.38. The van der Waals surface area contributed by atoms with Gasteiger partial charge in [-0.05, 0) is 54.4 Å². The highest BCUT2D eigenvalue weighted by Crippen LogP contribution is 2.41. The summed E-state index contributed by atoms with van der Waals surface area (Å²) in [5.41, 5.74) is 7.43. The van der Waals surface area contributed by atoms with Gasteiger partial charge in [-0.2, -0.15) is 9.78 Å². The summed E-state index contributed by atoms with van der Waals surface area (Å²) in [7, 11) is 1.93. The molecule has 3 heterocycles. The minimum atomic E-state index is -0.0356. The molecule has 6 nitrogen and oxygen atoms in total. The highest BCUT2D eigenvalue weighted by Gasteiger charge is 2.45. The van der Waals surface area contributed by atoms with Crippen molar-refractivity contribution >= 4 is 11.7 Å². The number of likely N-dealkylation sites (tertiary alicyclic amines) is 2. The number of amides is 1. The number of carbonyl (C=O) groups excluding carboxylic acids is 1. The molecule has 1 amide bonds. The van der Waals surface area contributed by atoms with Crippen LogP contribution in [-0.2, 0) is 6.54 Å². The summed E-state index contributed by atoms with van der Waals surface area (Å²) in [5, 5.41) is 4.29. The second-order valence-corrected chi connectivity index (χ2v) is 10.4. The van der Waals surface area contributed by atoms with Crippen LogP contribution in [0.15, 0.2) is 73.2 Å². The third kappa shape index (κ3) is 4.76. The van der Waals surface area contributed by atoms with Gasteiger partial charge in [0.25, 0.3) is 0 Å². The standard InChI is InChI=1S/C29H35N5O/c1-22(2)31(4)27-17-30-34(19-27)28(35)33-14-12-29(13-15-33)20-32(21-29)18-26-11-10-25(16-23(26)3)24-8-6-5-7-9-24/h5-11,16-17,19H,1,12-15,18,20-21H2,2-4H3. The first-order valence-corrected chi connectivity index (χ1v) is 12.4. The zero-order chi connectivity index (χ0) is 24.6. The van der Waals surface area contributed by atoms with Crippen molar-refractivity contribution in [1.29, 1.82) is 0 Å². The maximum atomic E-state index is 13.0. The van der Waals surface area contributed by atoms with Gasteiger partial charge < -0.3 is 9.80 Å². The quantitative estimate of drug-likeness (QED) is 0.502. The summed E-state index contributed by atoms with van der Waals surface area (Å²) >= 11 is 0. The number of carbonyl (C=O) groups is 1. The largest absolute Gasteiger partial charge is 0.347 e. The van der Waals surface area contributed by atoms with Gasteiger partial charge in [-0.15, -0.1) is 0 Å².